The molecule has 0 bridgehead atoms. The van der Waals surface area contributed by atoms with Crippen molar-refractivity contribution in [3.8, 4) is 5.82 Å². The molecule has 2 heterocycles. The van der Waals surface area contributed by atoms with Crippen LogP contribution in [0.3, 0.4) is 0 Å². The normalized spacial score (nSPS) is 12.4. The molecule has 2 aromatic rings. The van der Waals surface area contributed by atoms with Crippen molar-refractivity contribution in [2.45, 2.75) is 19.8 Å². The van der Waals surface area contributed by atoms with Gasteiger partial charge < -0.3 is 5.11 Å². The van der Waals surface area contributed by atoms with Crippen LogP contribution in [0.2, 0.25) is 0 Å². The fraction of sp³-hybridized carbons (Fsp3) is 0.250. The summed E-state index contributed by atoms with van der Waals surface area (Å²) in [5.41, 5.74) is 1.60. The third-order valence-electron chi connectivity index (χ3n) is 2.58. The van der Waals surface area contributed by atoms with Gasteiger partial charge in [-0.2, -0.15) is 0 Å². The first-order valence-electron chi connectivity index (χ1n) is 5.27. The Balaban J connectivity index is 2.29. The van der Waals surface area contributed by atoms with E-state index in [0.717, 1.165) is 11.4 Å². The fourth-order valence-corrected chi connectivity index (χ4v) is 1.43. The number of rotatable bonds is 3. The highest BCUT2D eigenvalue weighted by Gasteiger charge is 2.16. The molecule has 2 rings (SSSR count). The van der Waals surface area contributed by atoms with Gasteiger partial charge in [-0.15, -0.1) is 0 Å². The van der Waals surface area contributed by atoms with Crippen LogP contribution in [0.15, 0.2) is 30.9 Å². The highest BCUT2D eigenvalue weighted by Crippen LogP contribution is 2.14. The van der Waals surface area contributed by atoms with Crippen molar-refractivity contribution in [2.24, 2.45) is 0 Å². The number of hydrogen-bond donors (Lipinski definition) is 1. The van der Waals surface area contributed by atoms with Crippen LogP contribution in [0.1, 0.15) is 24.1 Å². The molecule has 0 saturated heterocycles. The number of nitrogens with zero attached hydrogens (tertiary/aromatic N) is 3. The summed E-state index contributed by atoms with van der Waals surface area (Å²) in [6.45, 7) is 3.57. The molecule has 0 spiro atoms. The molecule has 0 amide bonds. The van der Waals surface area contributed by atoms with E-state index in [1.165, 1.54) is 0 Å². The van der Waals surface area contributed by atoms with Crippen molar-refractivity contribution in [1.82, 2.24) is 14.5 Å². The lowest BCUT2D eigenvalue weighted by atomic mass is 10.1. The molecule has 0 fully saturated rings. The number of pyridine rings is 1. The SMILES string of the molecule is Cc1ccc(-n2cnc(C(C)C(=O)O)c2)nc1. The number of carboxylic acids is 1. The lowest BCUT2D eigenvalue weighted by Gasteiger charge is -2.02. The first-order chi connectivity index (χ1) is 8.08. The lowest BCUT2D eigenvalue weighted by Crippen LogP contribution is -2.07. The van der Waals surface area contributed by atoms with Gasteiger partial charge in [0.25, 0.3) is 0 Å². The van der Waals surface area contributed by atoms with Crippen molar-refractivity contribution < 1.29 is 9.90 Å². The van der Waals surface area contributed by atoms with E-state index in [2.05, 4.69) is 9.97 Å². The lowest BCUT2D eigenvalue weighted by molar-refractivity contribution is -0.138. The third kappa shape index (κ3) is 2.33. The van der Waals surface area contributed by atoms with E-state index < -0.39 is 11.9 Å². The molecular weight excluding hydrogens is 218 g/mol. The molecule has 5 heteroatoms. The Morgan fingerprint density at radius 2 is 2.18 bits per heavy atom. The van der Waals surface area contributed by atoms with Crippen LogP contribution < -0.4 is 0 Å². The van der Waals surface area contributed by atoms with Crippen LogP contribution in [-0.2, 0) is 4.79 Å². The Kier molecular flexibility index (Phi) is 2.91. The van der Waals surface area contributed by atoms with Gasteiger partial charge in [-0.25, -0.2) is 9.97 Å². The molecule has 88 valence electrons. The number of aromatic nitrogens is 3. The summed E-state index contributed by atoms with van der Waals surface area (Å²) in [5.74, 6) is -0.763. The van der Waals surface area contributed by atoms with E-state index in [-0.39, 0.29) is 0 Å². The van der Waals surface area contributed by atoms with Gasteiger partial charge in [0.2, 0.25) is 0 Å². The van der Waals surface area contributed by atoms with Gasteiger partial charge in [-0.1, -0.05) is 6.07 Å². The maximum Gasteiger partial charge on any atom is 0.312 e. The van der Waals surface area contributed by atoms with Gasteiger partial charge in [-0.3, -0.25) is 9.36 Å². The minimum absolute atomic E-state index is 0.528. The molecule has 5 nitrogen and oxygen atoms in total. The number of carbonyl (C=O) groups is 1. The number of aliphatic carboxylic acids is 1. The molecule has 17 heavy (non-hydrogen) atoms. The molecular formula is C12H13N3O2. The minimum Gasteiger partial charge on any atom is -0.481 e. The second kappa shape index (κ2) is 4.37. The summed E-state index contributed by atoms with van der Waals surface area (Å²) >= 11 is 0. The summed E-state index contributed by atoms with van der Waals surface area (Å²) in [7, 11) is 0. The van der Waals surface area contributed by atoms with E-state index in [9.17, 15) is 4.79 Å². The van der Waals surface area contributed by atoms with Gasteiger partial charge in [0.15, 0.2) is 0 Å². The number of aryl methyl sites for hydroxylation is 1. The summed E-state index contributed by atoms with van der Waals surface area (Å²) in [6, 6.07) is 3.81. The highest BCUT2D eigenvalue weighted by atomic mass is 16.4. The second-order valence-electron chi connectivity index (χ2n) is 3.96. The predicted octanol–water partition coefficient (Wildman–Crippen LogP) is 1.76. The summed E-state index contributed by atoms with van der Waals surface area (Å²) in [4.78, 5) is 19.1. The van der Waals surface area contributed by atoms with E-state index in [1.54, 1.807) is 30.2 Å². The topological polar surface area (TPSA) is 68.0 Å². The van der Waals surface area contributed by atoms with Crippen molar-refractivity contribution >= 4 is 5.97 Å². The molecule has 1 N–H and O–H groups in total. The molecule has 0 aliphatic rings. The average molecular weight is 231 g/mol. The largest absolute Gasteiger partial charge is 0.481 e. The first-order valence-corrected chi connectivity index (χ1v) is 5.27. The Labute approximate surface area is 98.8 Å². The predicted molar refractivity (Wildman–Crippen MR) is 62.1 cm³/mol. The summed E-state index contributed by atoms with van der Waals surface area (Å²) in [6.07, 6.45) is 5.03. The Morgan fingerprint density at radius 3 is 2.76 bits per heavy atom. The van der Waals surface area contributed by atoms with Crippen LogP contribution in [-0.4, -0.2) is 25.6 Å². The van der Waals surface area contributed by atoms with Crippen LogP contribution in [0.5, 0.6) is 0 Å². The molecule has 1 atom stereocenters. The van der Waals surface area contributed by atoms with E-state index >= 15 is 0 Å². The zero-order chi connectivity index (χ0) is 12.4. The molecule has 2 aromatic heterocycles. The van der Waals surface area contributed by atoms with Crippen molar-refractivity contribution in [3.63, 3.8) is 0 Å². The molecule has 0 aromatic carbocycles. The summed E-state index contributed by atoms with van der Waals surface area (Å²) < 4.78 is 1.72. The standard InChI is InChI=1S/C12H13N3O2/c1-8-3-4-11(13-5-8)15-6-10(14-7-15)9(2)12(16)17/h3-7,9H,1-2H3,(H,16,17). The fourth-order valence-electron chi connectivity index (χ4n) is 1.43. The number of imidazole rings is 1. The Hall–Kier alpha value is -2.17. The van der Waals surface area contributed by atoms with E-state index in [1.807, 2.05) is 19.1 Å². The molecule has 0 saturated carbocycles. The van der Waals surface area contributed by atoms with Gasteiger partial charge in [-0.05, 0) is 25.5 Å². The van der Waals surface area contributed by atoms with Crippen LogP contribution >= 0.6 is 0 Å². The van der Waals surface area contributed by atoms with Crippen LogP contribution in [0.4, 0.5) is 0 Å². The maximum absolute atomic E-state index is 10.8. The van der Waals surface area contributed by atoms with Gasteiger partial charge >= 0.3 is 5.97 Å². The molecule has 0 aliphatic heterocycles. The van der Waals surface area contributed by atoms with Crippen molar-refractivity contribution in [1.29, 1.82) is 0 Å². The van der Waals surface area contributed by atoms with E-state index in [4.69, 9.17) is 5.11 Å². The zero-order valence-electron chi connectivity index (χ0n) is 9.66. The zero-order valence-corrected chi connectivity index (χ0v) is 9.66. The smallest absolute Gasteiger partial charge is 0.312 e. The monoisotopic (exact) mass is 231 g/mol. The maximum atomic E-state index is 10.8. The third-order valence-corrected chi connectivity index (χ3v) is 2.58. The van der Waals surface area contributed by atoms with Crippen molar-refractivity contribution in [2.75, 3.05) is 0 Å². The Bertz CT molecular complexity index is 531. The van der Waals surface area contributed by atoms with Gasteiger partial charge in [0.05, 0.1) is 11.6 Å². The summed E-state index contributed by atoms with van der Waals surface area (Å²) in [5, 5.41) is 8.89. The van der Waals surface area contributed by atoms with Crippen LogP contribution in [0, 0.1) is 6.92 Å². The van der Waals surface area contributed by atoms with Gasteiger partial charge in [0, 0.05) is 12.4 Å². The van der Waals surface area contributed by atoms with Crippen LogP contribution in [0.25, 0.3) is 5.82 Å². The average Bonchev–Trinajstić information content (AvgIpc) is 2.78. The highest BCUT2D eigenvalue weighted by molar-refractivity contribution is 5.74. The van der Waals surface area contributed by atoms with Gasteiger partial charge in [0.1, 0.15) is 12.1 Å². The first kappa shape index (κ1) is 11.3. The molecule has 0 radical (unpaired) electrons. The van der Waals surface area contributed by atoms with E-state index in [0.29, 0.717) is 5.69 Å². The van der Waals surface area contributed by atoms with Crippen molar-refractivity contribution in [3.05, 3.63) is 42.1 Å². The Morgan fingerprint density at radius 1 is 1.41 bits per heavy atom. The molecule has 0 aliphatic carbocycles. The quantitative estimate of drug-likeness (QED) is 0.874. The molecule has 1 unspecified atom stereocenters. The number of carboxylic acid groups (broad SMARTS) is 1. The number of hydrogen-bond acceptors (Lipinski definition) is 3. The minimum atomic E-state index is -0.882. The second-order valence-corrected chi connectivity index (χ2v) is 3.96.